The van der Waals surface area contributed by atoms with Crippen LogP contribution in [0.2, 0.25) is 0 Å². The van der Waals surface area contributed by atoms with E-state index in [1.807, 2.05) is 7.05 Å². The number of nitrogens with zero attached hydrogens (tertiary/aromatic N) is 2. The molecule has 1 aromatic rings. The minimum atomic E-state index is -0.107. The summed E-state index contributed by atoms with van der Waals surface area (Å²) in [6, 6.07) is 0.346. The molecule has 0 saturated heterocycles. The van der Waals surface area contributed by atoms with Gasteiger partial charge in [0, 0.05) is 13.2 Å². The van der Waals surface area contributed by atoms with Crippen molar-refractivity contribution in [2.75, 3.05) is 14.2 Å². The molecule has 0 saturated carbocycles. The van der Waals surface area contributed by atoms with E-state index in [4.69, 9.17) is 9.26 Å². The lowest BCUT2D eigenvalue weighted by molar-refractivity contribution is 0.0555. The van der Waals surface area contributed by atoms with Crippen LogP contribution in [0.15, 0.2) is 4.52 Å². The van der Waals surface area contributed by atoms with Gasteiger partial charge in [0.15, 0.2) is 0 Å². The van der Waals surface area contributed by atoms with E-state index in [0.717, 1.165) is 6.42 Å². The van der Waals surface area contributed by atoms with E-state index in [0.29, 0.717) is 23.7 Å². The summed E-state index contributed by atoms with van der Waals surface area (Å²) in [7, 11) is 3.63. The van der Waals surface area contributed by atoms with Crippen LogP contribution in [-0.4, -0.2) is 30.3 Å². The molecule has 3 unspecified atom stereocenters. The summed E-state index contributed by atoms with van der Waals surface area (Å²) in [5.74, 6) is 1.84. The van der Waals surface area contributed by atoms with Gasteiger partial charge in [0.2, 0.25) is 11.7 Å². The molecular formula is C13H25N3O2. The molecule has 1 N–H and O–H groups in total. The number of hydrogen-bond acceptors (Lipinski definition) is 5. The first-order chi connectivity index (χ1) is 8.54. The van der Waals surface area contributed by atoms with Gasteiger partial charge in [-0.1, -0.05) is 32.9 Å². The monoisotopic (exact) mass is 255 g/mol. The van der Waals surface area contributed by atoms with Crippen molar-refractivity contribution >= 4 is 0 Å². The summed E-state index contributed by atoms with van der Waals surface area (Å²) in [5, 5.41) is 7.31. The minimum Gasteiger partial charge on any atom is -0.373 e. The van der Waals surface area contributed by atoms with Crippen LogP contribution in [0.4, 0.5) is 0 Å². The molecule has 5 nitrogen and oxygen atoms in total. The Morgan fingerprint density at radius 3 is 2.44 bits per heavy atom. The fourth-order valence-electron chi connectivity index (χ4n) is 2.20. The normalized spacial score (nSPS) is 16.8. The molecule has 0 aliphatic carbocycles. The SMILES string of the molecule is CCC(NC)C(C)c1nc(C(OC)C(C)C)no1. The summed E-state index contributed by atoms with van der Waals surface area (Å²) in [4.78, 5) is 4.48. The van der Waals surface area contributed by atoms with Gasteiger partial charge in [0.05, 0.1) is 5.92 Å². The van der Waals surface area contributed by atoms with Crippen molar-refractivity contribution in [2.24, 2.45) is 5.92 Å². The molecule has 18 heavy (non-hydrogen) atoms. The second-order valence-electron chi connectivity index (χ2n) is 4.98. The van der Waals surface area contributed by atoms with E-state index in [2.05, 4.69) is 43.2 Å². The molecule has 1 aromatic heterocycles. The highest BCUT2D eigenvalue weighted by Crippen LogP contribution is 2.25. The lowest BCUT2D eigenvalue weighted by Gasteiger charge is -2.18. The Morgan fingerprint density at radius 1 is 1.33 bits per heavy atom. The van der Waals surface area contributed by atoms with Crippen molar-refractivity contribution < 1.29 is 9.26 Å². The van der Waals surface area contributed by atoms with E-state index in [9.17, 15) is 0 Å². The van der Waals surface area contributed by atoms with Crippen molar-refractivity contribution in [2.45, 2.75) is 52.2 Å². The zero-order chi connectivity index (χ0) is 13.7. The average Bonchev–Trinajstić information content (AvgIpc) is 2.80. The Balaban J connectivity index is 2.85. The second kappa shape index (κ2) is 6.85. The molecule has 5 heteroatoms. The lowest BCUT2D eigenvalue weighted by atomic mass is 10.00. The van der Waals surface area contributed by atoms with Crippen LogP contribution < -0.4 is 5.32 Å². The zero-order valence-electron chi connectivity index (χ0n) is 12.2. The Bertz CT molecular complexity index is 348. The van der Waals surface area contributed by atoms with Gasteiger partial charge >= 0.3 is 0 Å². The van der Waals surface area contributed by atoms with Crippen LogP contribution in [0.5, 0.6) is 0 Å². The first kappa shape index (κ1) is 15.1. The highest BCUT2D eigenvalue weighted by atomic mass is 16.5. The van der Waals surface area contributed by atoms with E-state index in [1.165, 1.54) is 0 Å². The van der Waals surface area contributed by atoms with Crippen molar-refractivity contribution in [3.63, 3.8) is 0 Å². The molecule has 0 fully saturated rings. The van der Waals surface area contributed by atoms with E-state index >= 15 is 0 Å². The summed E-state index contributed by atoms with van der Waals surface area (Å²) in [6.45, 7) is 8.40. The number of ether oxygens (including phenoxy) is 1. The number of nitrogens with one attached hydrogen (secondary N) is 1. The summed E-state index contributed by atoms with van der Waals surface area (Å²) < 4.78 is 10.8. The van der Waals surface area contributed by atoms with Crippen molar-refractivity contribution in [3.05, 3.63) is 11.7 Å². The summed E-state index contributed by atoms with van der Waals surface area (Å²) >= 11 is 0. The van der Waals surface area contributed by atoms with Crippen molar-refractivity contribution in [1.82, 2.24) is 15.5 Å². The molecule has 0 aliphatic rings. The second-order valence-corrected chi connectivity index (χ2v) is 4.98. The number of methoxy groups -OCH3 is 1. The Kier molecular flexibility index (Phi) is 5.75. The fourth-order valence-corrected chi connectivity index (χ4v) is 2.20. The number of rotatable bonds is 7. The van der Waals surface area contributed by atoms with Crippen LogP contribution in [0, 0.1) is 5.92 Å². The standard InChI is InChI=1S/C13H25N3O2/c1-7-10(14-5)9(4)13-15-12(16-18-13)11(17-6)8(2)3/h8-11,14H,7H2,1-6H3. The first-order valence-corrected chi connectivity index (χ1v) is 6.58. The van der Waals surface area contributed by atoms with Crippen molar-refractivity contribution in [1.29, 1.82) is 0 Å². The molecular weight excluding hydrogens is 230 g/mol. The Labute approximate surface area is 109 Å². The van der Waals surface area contributed by atoms with Crippen LogP contribution in [0.25, 0.3) is 0 Å². The predicted molar refractivity (Wildman–Crippen MR) is 70.4 cm³/mol. The molecule has 3 atom stereocenters. The Hall–Kier alpha value is -0.940. The van der Waals surface area contributed by atoms with Gasteiger partial charge in [-0.3, -0.25) is 0 Å². The zero-order valence-corrected chi connectivity index (χ0v) is 12.2. The third-order valence-electron chi connectivity index (χ3n) is 3.38. The maximum atomic E-state index is 5.40. The fraction of sp³-hybridized carbons (Fsp3) is 0.846. The third kappa shape index (κ3) is 3.29. The highest BCUT2D eigenvalue weighted by molar-refractivity contribution is 4.99. The maximum absolute atomic E-state index is 5.40. The van der Waals surface area contributed by atoms with Crippen LogP contribution >= 0.6 is 0 Å². The van der Waals surface area contributed by atoms with E-state index in [-0.39, 0.29) is 12.0 Å². The molecule has 0 radical (unpaired) electrons. The highest BCUT2D eigenvalue weighted by Gasteiger charge is 2.25. The summed E-state index contributed by atoms with van der Waals surface area (Å²) in [5.41, 5.74) is 0. The van der Waals surface area contributed by atoms with Gasteiger partial charge in [-0.25, -0.2) is 0 Å². The average molecular weight is 255 g/mol. The number of aromatic nitrogens is 2. The van der Waals surface area contributed by atoms with Gasteiger partial charge in [-0.15, -0.1) is 0 Å². The molecule has 0 bridgehead atoms. The van der Waals surface area contributed by atoms with Crippen LogP contribution in [-0.2, 0) is 4.74 Å². The summed E-state index contributed by atoms with van der Waals surface area (Å²) in [6.07, 6.45) is 0.914. The number of likely N-dealkylation sites (N-methyl/N-ethyl adjacent to an activating group) is 1. The van der Waals surface area contributed by atoms with E-state index < -0.39 is 0 Å². The largest absolute Gasteiger partial charge is 0.373 e. The topological polar surface area (TPSA) is 60.2 Å². The quantitative estimate of drug-likeness (QED) is 0.811. The molecule has 104 valence electrons. The first-order valence-electron chi connectivity index (χ1n) is 6.58. The van der Waals surface area contributed by atoms with Gasteiger partial charge in [0.25, 0.3) is 0 Å². The number of hydrogen-bond donors (Lipinski definition) is 1. The molecule has 1 heterocycles. The molecule has 1 rings (SSSR count). The molecule has 0 spiro atoms. The Morgan fingerprint density at radius 2 is 2.00 bits per heavy atom. The molecule has 0 aromatic carbocycles. The third-order valence-corrected chi connectivity index (χ3v) is 3.38. The van der Waals surface area contributed by atoms with Crippen LogP contribution in [0.3, 0.4) is 0 Å². The van der Waals surface area contributed by atoms with Gasteiger partial charge < -0.3 is 14.6 Å². The smallest absolute Gasteiger partial charge is 0.231 e. The minimum absolute atomic E-state index is 0.107. The van der Waals surface area contributed by atoms with Gasteiger partial charge in [-0.2, -0.15) is 4.98 Å². The van der Waals surface area contributed by atoms with Gasteiger partial charge in [0.1, 0.15) is 6.10 Å². The molecule has 0 amide bonds. The van der Waals surface area contributed by atoms with Crippen LogP contribution in [0.1, 0.15) is 57.9 Å². The van der Waals surface area contributed by atoms with Crippen molar-refractivity contribution in [3.8, 4) is 0 Å². The van der Waals surface area contributed by atoms with E-state index in [1.54, 1.807) is 7.11 Å². The molecule has 0 aliphatic heterocycles. The van der Waals surface area contributed by atoms with Gasteiger partial charge in [-0.05, 0) is 19.4 Å². The lowest BCUT2D eigenvalue weighted by Crippen LogP contribution is -2.30. The maximum Gasteiger partial charge on any atom is 0.231 e. The predicted octanol–water partition coefficient (Wildman–Crippen LogP) is 2.51.